The summed E-state index contributed by atoms with van der Waals surface area (Å²) in [7, 11) is 0. The van der Waals surface area contributed by atoms with E-state index in [4.69, 9.17) is 4.74 Å². The lowest BCUT2D eigenvalue weighted by atomic mass is 10.0. The number of ether oxygens (including phenoxy) is 1. The number of benzene rings is 1. The van der Waals surface area contributed by atoms with Crippen molar-refractivity contribution in [3.63, 3.8) is 0 Å². The molecule has 0 spiro atoms. The van der Waals surface area contributed by atoms with Gasteiger partial charge >= 0.3 is 0 Å². The zero-order valence-corrected chi connectivity index (χ0v) is 12.2. The number of rotatable bonds is 8. The van der Waals surface area contributed by atoms with Gasteiger partial charge in [0.05, 0.1) is 12.7 Å². The highest BCUT2D eigenvalue weighted by Gasteiger charge is 2.13. The Hall–Kier alpha value is -1.09. The number of hydrogen-bond donors (Lipinski definition) is 1. The Bertz CT molecular complexity index is 377. The first-order chi connectivity index (χ1) is 9.08. The third kappa shape index (κ3) is 5.19. The van der Waals surface area contributed by atoms with E-state index in [1.165, 1.54) is 25.0 Å². The van der Waals surface area contributed by atoms with Crippen LogP contribution in [-0.4, -0.2) is 11.7 Å². The maximum atomic E-state index is 13.3. The van der Waals surface area contributed by atoms with Gasteiger partial charge in [0.15, 0.2) is 0 Å². The average Bonchev–Trinajstić information content (AvgIpc) is 2.38. The van der Waals surface area contributed by atoms with Gasteiger partial charge in [-0.2, -0.15) is 0 Å². The van der Waals surface area contributed by atoms with Crippen molar-refractivity contribution >= 4 is 0 Å². The van der Waals surface area contributed by atoms with Gasteiger partial charge in [0.25, 0.3) is 0 Å². The van der Waals surface area contributed by atoms with Crippen molar-refractivity contribution in [2.75, 3.05) is 6.61 Å². The Morgan fingerprint density at radius 2 is 2.05 bits per heavy atom. The second kappa shape index (κ2) is 8.16. The van der Waals surface area contributed by atoms with Crippen LogP contribution < -0.4 is 4.74 Å². The van der Waals surface area contributed by atoms with Crippen molar-refractivity contribution in [2.24, 2.45) is 5.92 Å². The summed E-state index contributed by atoms with van der Waals surface area (Å²) in [5, 5.41) is 9.66. The Kier molecular flexibility index (Phi) is 6.85. The van der Waals surface area contributed by atoms with E-state index in [-0.39, 0.29) is 5.82 Å². The normalized spacial score (nSPS) is 14.2. The summed E-state index contributed by atoms with van der Waals surface area (Å²) >= 11 is 0. The molecule has 2 nitrogen and oxygen atoms in total. The van der Waals surface area contributed by atoms with E-state index in [1.54, 1.807) is 13.0 Å². The Balaban J connectivity index is 2.67. The highest BCUT2D eigenvalue weighted by Crippen LogP contribution is 2.27. The van der Waals surface area contributed by atoms with Gasteiger partial charge in [-0.15, -0.1) is 0 Å². The molecule has 0 saturated heterocycles. The molecular weight excluding hydrogens is 243 g/mol. The number of aliphatic hydroxyl groups excluding tert-OH is 1. The number of halogens is 1. The van der Waals surface area contributed by atoms with Crippen LogP contribution in [0.25, 0.3) is 0 Å². The fourth-order valence-corrected chi connectivity index (χ4v) is 2.08. The standard InChI is InChI=1S/C16H25FO2/c1-4-6-7-13(5-2)11-19-16-10-14(17)8-9-15(16)12(3)18/h8-10,12-13,18H,4-7,11H2,1-3H3/t12-,13?/m1/s1. The quantitative estimate of drug-likeness (QED) is 0.753. The highest BCUT2D eigenvalue weighted by molar-refractivity contribution is 5.35. The van der Waals surface area contributed by atoms with Gasteiger partial charge in [-0.1, -0.05) is 33.1 Å². The monoisotopic (exact) mass is 268 g/mol. The Morgan fingerprint density at radius 1 is 1.32 bits per heavy atom. The lowest BCUT2D eigenvalue weighted by molar-refractivity contribution is 0.183. The molecular formula is C16H25FO2. The molecule has 19 heavy (non-hydrogen) atoms. The molecule has 3 heteroatoms. The molecule has 0 amide bonds. The molecule has 0 aliphatic carbocycles. The van der Waals surface area contributed by atoms with E-state index in [9.17, 15) is 9.50 Å². The molecule has 0 radical (unpaired) electrons. The molecule has 0 aromatic heterocycles. The average molecular weight is 268 g/mol. The van der Waals surface area contributed by atoms with Crippen LogP contribution in [0.2, 0.25) is 0 Å². The SMILES string of the molecule is CCCCC(CC)COc1cc(F)ccc1[C@@H](C)O. The number of hydrogen-bond acceptors (Lipinski definition) is 2. The van der Waals surface area contributed by atoms with Crippen molar-refractivity contribution in [3.8, 4) is 5.75 Å². The van der Waals surface area contributed by atoms with Crippen LogP contribution in [0.5, 0.6) is 5.75 Å². The number of unbranched alkanes of at least 4 members (excludes halogenated alkanes) is 1. The summed E-state index contributed by atoms with van der Waals surface area (Å²) < 4.78 is 19.0. The van der Waals surface area contributed by atoms with Gasteiger partial charge in [-0.05, 0) is 31.4 Å². The summed E-state index contributed by atoms with van der Waals surface area (Å²) in [4.78, 5) is 0. The summed E-state index contributed by atoms with van der Waals surface area (Å²) in [6, 6.07) is 4.29. The maximum Gasteiger partial charge on any atom is 0.128 e. The molecule has 0 aliphatic heterocycles. The van der Waals surface area contributed by atoms with Crippen molar-refractivity contribution in [1.82, 2.24) is 0 Å². The Labute approximate surface area is 115 Å². The summed E-state index contributed by atoms with van der Waals surface area (Å²) in [5.74, 6) is 0.621. The lowest BCUT2D eigenvalue weighted by Crippen LogP contribution is -2.12. The zero-order chi connectivity index (χ0) is 14.3. The first-order valence-corrected chi connectivity index (χ1v) is 7.18. The fourth-order valence-electron chi connectivity index (χ4n) is 2.08. The first-order valence-electron chi connectivity index (χ1n) is 7.18. The van der Waals surface area contributed by atoms with E-state index in [2.05, 4.69) is 13.8 Å². The van der Waals surface area contributed by atoms with Crippen molar-refractivity contribution in [3.05, 3.63) is 29.6 Å². The van der Waals surface area contributed by atoms with Crippen molar-refractivity contribution in [2.45, 2.75) is 52.6 Å². The van der Waals surface area contributed by atoms with Crippen molar-refractivity contribution in [1.29, 1.82) is 0 Å². The molecule has 2 atom stereocenters. The van der Waals surface area contributed by atoms with E-state index in [0.29, 0.717) is 23.8 Å². The second-order valence-corrected chi connectivity index (χ2v) is 5.09. The molecule has 1 N–H and O–H groups in total. The summed E-state index contributed by atoms with van der Waals surface area (Å²) in [6.45, 7) is 6.56. The van der Waals surface area contributed by atoms with Gasteiger partial charge in [-0.3, -0.25) is 0 Å². The maximum absolute atomic E-state index is 13.3. The molecule has 0 heterocycles. The van der Waals surface area contributed by atoms with Gasteiger partial charge in [0.2, 0.25) is 0 Å². The highest BCUT2D eigenvalue weighted by atomic mass is 19.1. The molecule has 108 valence electrons. The minimum Gasteiger partial charge on any atom is -0.493 e. The van der Waals surface area contributed by atoms with Crippen LogP contribution in [0.4, 0.5) is 4.39 Å². The predicted octanol–water partition coefficient (Wildman–Crippen LogP) is 4.47. The Morgan fingerprint density at radius 3 is 2.63 bits per heavy atom. The van der Waals surface area contributed by atoms with E-state index in [1.807, 2.05) is 0 Å². The first kappa shape index (κ1) is 16.0. The third-order valence-electron chi connectivity index (χ3n) is 3.44. The van der Waals surface area contributed by atoms with Crippen LogP contribution in [0.15, 0.2) is 18.2 Å². The van der Waals surface area contributed by atoms with Crippen LogP contribution in [0.3, 0.4) is 0 Å². The molecule has 1 unspecified atom stereocenters. The fraction of sp³-hybridized carbons (Fsp3) is 0.625. The zero-order valence-electron chi connectivity index (χ0n) is 12.2. The van der Waals surface area contributed by atoms with Gasteiger partial charge in [-0.25, -0.2) is 4.39 Å². The lowest BCUT2D eigenvalue weighted by Gasteiger charge is -2.18. The van der Waals surface area contributed by atoms with Crippen LogP contribution in [0, 0.1) is 11.7 Å². The molecule has 0 fully saturated rings. The summed E-state index contributed by atoms with van der Waals surface area (Å²) in [6.07, 6.45) is 3.90. The smallest absolute Gasteiger partial charge is 0.128 e. The molecule has 1 aromatic rings. The number of aliphatic hydroxyl groups is 1. The molecule has 0 aliphatic rings. The minimum absolute atomic E-state index is 0.332. The van der Waals surface area contributed by atoms with Gasteiger partial charge in [0, 0.05) is 11.6 Å². The predicted molar refractivity (Wildman–Crippen MR) is 75.8 cm³/mol. The largest absolute Gasteiger partial charge is 0.493 e. The van der Waals surface area contributed by atoms with Crippen LogP contribution >= 0.6 is 0 Å². The summed E-state index contributed by atoms with van der Waals surface area (Å²) in [5.41, 5.74) is 0.645. The van der Waals surface area contributed by atoms with Gasteiger partial charge in [0.1, 0.15) is 11.6 Å². The van der Waals surface area contributed by atoms with Gasteiger partial charge < -0.3 is 9.84 Å². The van der Waals surface area contributed by atoms with E-state index < -0.39 is 6.10 Å². The molecule has 1 rings (SSSR count). The van der Waals surface area contributed by atoms with Crippen LogP contribution in [-0.2, 0) is 0 Å². The third-order valence-corrected chi connectivity index (χ3v) is 3.44. The molecule has 1 aromatic carbocycles. The second-order valence-electron chi connectivity index (χ2n) is 5.09. The van der Waals surface area contributed by atoms with E-state index in [0.717, 1.165) is 12.8 Å². The topological polar surface area (TPSA) is 29.5 Å². The minimum atomic E-state index is -0.647. The van der Waals surface area contributed by atoms with Crippen molar-refractivity contribution < 1.29 is 14.2 Å². The molecule has 0 bridgehead atoms. The molecule has 0 saturated carbocycles. The van der Waals surface area contributed by atoms with E-state index >= 15 is 0 Å². The van der Waals surface area contributed by atoms with Crippen LogP contribution in [0.1, 0.15) is 58.1 Å².